The maximum atomic E-state index is 15.8. The van der Waals surface area contributed by atoms with Crippen LogP contribution in [0.1, 0.15) is 25.0 Å². The summed E-state index contributed by atoms with van der Waals surface area (Å²) in [6, 6.07) is 41.8. The Morgan fingerprint density at radius 3 is 1.30 bits per heavy atom. The van der Waals surface area contributed by atoms with E-state index in [4.69, 9.17) is 9.47 Å². The molecule has 6 aromatic carbocycles. The van der Waals surface area contributed by atoms with Gasteiger partial charge in [-0.2, -0.15) is 0 Å². The first-order valence-corrected chi connectivity index (χ1v) is 18.0. The number of ether oxygens (including phenoxy) is 2. The van der Waals surface area contributed by atoms with Gasteiger partial charge in [-0.05, 0) is 78.2 Å². The van der Waals surface area contributed by atoms with Gasteiger partial charge in [-0.25, -0.2) is 0 Å². The summed E-state index contributed by atoms with van der Waals surface area (Å²) in [6.07, 6.45) is 0. The lowest BCUT2D eigenvalue weighted by Gasteiger charge is -2.28. The quantitative estimate of drug-likeness (QED) is 0.178. The van der Waals surface area contributed by atoms with Crippen molar-refractivity contribution < 1.29 is 18.8 Å². The molecule has 0 amide bonds. The second-order valence-corrected chi connectivity index (χ2v) is 15.2. The highest BCUT2D eigenvalue weighted by atomic mass is 31.2. The van der Waals surface area contributed by atoms with Crippen LogP contribution in [0.3, 0.4) is 0 Å². The van der Waals surface area contributed by atoms with Crippen LogP contribution in [0, 0.1) is 0 Å². The molecule has 0 saturated heterocycles. The van der Waals surface area contributed by atoms with E-state index in [-0.39, 0.29) is 5.78 Å². The number of Topliss-reactive ketones (excluding diaryl/α,β-unsaturated/α-hetero) is 1. The van der Waals surface area contributed by atoms with Crippen molar-refractivity contribution >= 4 is 23.5 Å². The second kappa shape index (κ2) is 11.3. The number of hydrogen-bond acceptors (Lipinski definition) is 4. The first kappa shape index (κ1) is 29.2. The number of rotatable bonds is 2. The SMILES string of the molecule is CC(C)=O.CP1(=O)c2c(-c3ccccc3)cc3c(c2-c2c4c(cc(-c5ccccc5)c21)COc1ccccc1-4)-c1ccccc1OC3. The molecular weight excluding hydrogens is 599 g/mol. The summed E-state index contributed by atoms with van der Waals surface area (Å²) in [6.45, 7) is 5.96. The summed E-state index contributed by atoms with van der Waals surface area (Å²) in [5, 5.41) is 1.89. The van der Waals surface area contributed by atoms with Gasteiger partial charge in [0.1, 0.15) is 37.6 Å². The van der Waals surface area contributed by atoms with Crippen LogP contribution in [0.2, 0.25) is 0 Å². The molecular formula is C42H33O4P. The molecule has 5 heteroatoms. The van der Waals surface area contributed by atoms with Crippen molar-refractivity contribution in [1.82, 2.24) is 0 Å². The van der Waals surface area contributed by atoms with Gasteiger partial charge >= 0.3 is 0 Å². The molecule has 0 spiro atoms. The van der Waals surface area contributed by atoms with Gasteiger partial charge in [-0.15, -0.1) is 0 Å². The van der Waals surface area contributed by atoms with Crippen LogP contribution in [0.15, 0.2) is 121 Å². The van der Waals surface area contributed by atoms with Crippen LogP contribution in [-0.2, 0) is 22.6 Å². The smallest absolute Gasteiger partial charge is 0.142 e. The molecule has 47 heavy (non-hydrogen) atoms. The minimum Gasteiger partial charge on any atom is -0.488 e. The fourth-order valence-corrected chi connectivity index (χ4v) is 10.2. The van der Waals surface area contributed by atoms with E-state index in [9.17, 15) is 4.79 Å². The van der Waals surface area contributed by atoms with Gasteiger partial charge in [0.05, 0.1) is 0 Å². The minimum absolute atomic E-state index is 0.167. The average molecular weight is 633 g/mol. The monoisotopic (exact) mass is 632 g/mol. The predicted molar refractivity (Wildman–Crippen MR) is 191 cm³/mol. The number of fused-ring (bicyclic) bond motifs is 11. The van der Waals surface area contributed by atoms with Crippen LogP contribution in [0.5, 0.6) is 11.5 Å². The lowest BCUT2D eigenvalue weighted by molar-refractivity contribution is -0.115. The van der Waals surface area contributed by atoms with Gasteiger partial charge in [0.15, 0.2) is 0 Å². The zero-order valence-corrected chi connectivity index (χ0v) is 27.4. The summed E-state index contributed by atoms with van der Waals surface area (Å²) in [5.74, 6) is 1.89. The van der Waals surface area contributed by atoms with Gasteiger partial charge in [0.25, 0.3) is 0 Å². The van der Waals surface area contributed by atoms with E-state index >= 15 is 4.57 Å². The van der Waals surface area contributed by atoms with Crippen molar-refractivity contribution in [2.75, 3.05) is 6.66 Å². The third-order valence-electron chi connectivity index (χ3n) is 9.12. The Bertz CT molecular complexity index is 2110. The van der Waals surface area contributed by atoms with Gasteiger partial charge in [-0.1, -0.05) is 97.1 Å². The van der Waals surface area contributed by atoms with Crippen LogP contribution < -0.4 is 20.1 Å². The van der Waals surface area contributed by atoms with Crippen LogP contribution in [-0.4, -0.2) is 12.4 Å². The van der Waals surface area contributed by atoms with E-state index in [0.717, 1.165) is 88.9 Å². The van der Waals surface area contributed by atoms with Gasteiger partial charge in [-0.3, -0.25) is 0 Å². The van der Waals surface area contributed by atoms with Gasteiger partial charge in [0, 0.05) is 44.0 Å². The van der Waals surface area contributed by atoms with Gasteiger partial charge < -0.3 is 18.8 Å². The molecule has 0 bridgehead atoms. The highest BCUT2D eigenvalue weighted by Gasteiger charge is 2.45. The third kappa shape index (κ3) is 4.67. The van der Waals surface area contributed by atoms with Crippen LogP contribution in [0.4, 0.5) is 0 Å². The fourth-order valence-electron chi connectivity index (χ4n) is 7.37. The molecule has 9 rings (SSSR count). The molecule has 3 aliphatic rings. The molecule has 0 aliphatic carbocycles. The molecule has 6 aromatic rings. The van der Waals surface area contributed by atoms with Crippen LogP contribution in [0.25, 0.3) is 55.6 Å². The zero-order valence-electron chi connectivity index (χ0n) is 26.5. The largest absolute Gasteiger partial charge is 0.488 e. The molecule has 3 heterocycles. The Kier molecular flexibility index (Phi) is 7.00. The molecule has 0 saturated carbocycles. The Labute approximate surface area is 275 Å². The van der Waals surface area contributed by atoms with E-state index < -0.39 is 7.14 Å². The standard InChI is InChI=1S/C39H27O3P.C3H6O/c1-43(40)38-30(24-12-4-2-5-13-24)20-26-22-41-32-18-10-8-16-28(32)34(26)36(38)37-35-27(23-42-33-19-11-9-17-29(33)35)21-31(39(37)43)25-14-6-3-7-15-25;1-3(2)4/h2-21H,22-23H2,1H3;1-2H3. The molecule has 230 valence electrons. The Hall–Kier alpha value is -5.18. The molecule has 0 fully saturated rings. The number of hydrogen-bond donors (Lipinski definition) is 0. The highest BCUT2D eigenvalue weighted by Crippen LogP contribution is 2.62. The number of carbonyl (C=O) groups is 1. The predicted octanol–water partition coefficient (Wildman–Crippen LogP) is 9.66. The average Bonchev–Trinajstić information content (AvgIpc) is 3.35. The first-order valence-electron chi connectivity index (χ1n) is 15.9. The van der Waals surface area contributed by atoms with Gasteiger partial charge in [0.2, 0.25) is 0 Å². The first-order chi connectivity index (χ1) is 22.8. The lowest BCUT2D eigenvalue weighted by atomic mass is 9.80. The highest BCUT2D eigenvalue weighted by molar-refractivity contribution is 7.79. The number of carbonyl (C=O) groups excluding carboxylic acids is 1. The second-order valence-electron chi connectivity index (χ2n) is 12.5. The Morgan fingerprint density at radius 2 is 0.894 bits per heavy atom. The molecule has 0 N–H and O–H groups in total. The van der Waals surface area contributed by atoms with Crippen molar-refractivity contribution in [2.24, 2.45) is 0 Å². The van der Waals surface area contributed by atoms with E-state index in [1.165, 1.54) is 13.8 Å². The summed E-state index contributed by atoms with van der Waals surface area (Å²) >= 11 is 0. The number of benzene rings is 6. The molecule has 3 aliphatic heterocycles. The van der Waals surface area contributed by atoms with E-state index in [0.29, 0.717) is 13.2 Å². The topological polar surface area (TPSA) is 52.6 Å². The molecule has 0 atom stereocenters. The summed E-state index contributed by atoms with van der Waals surface area (Å²) in [5.41, 5.74) is 12.9. The van der Waals surface area contributed by atoms with Crippen molar-refractivity contribution in [3.8, 4) is 67.1 Å². The molecule has 4 nitrogen and oxygen atoms in total. The third-order valence-corrected chi connectivity index (χ3v) is 11.8. The van der Waals surface area contributed by atoms with E-state index in [1.54, 1.807) is 0 Å². The maximum absolute atomic E-state index is 15.8. The normalized spacial score (nSPS) is 13.9. The van der Waals surface area contributed by atoms with Crippen molar-refractivity contribution in [3.05, 3.63) is 132 Å². The number of para-hydroxylation sites is 2. The molecule has 0 unspecified atom stereocenters. The van der Waals surface area contributed by atoms with Crippen LogP contribution >= 0.6 is 7.14 Å². The van der Waals surface area contributed by atoms with Crippen molar-refractivity contribution in [1.29, 1.82) is 0 Å². The minimum atomic E-state index is -3.13. The van der Waals surface area contributed by atoms with Crippen molar-refractivity contribution in [2.45, 2.75) is 27.1 Å². The maximum Gasteiger partial charge on any atom is 0.142 e. The lowest BCUT2D eigenvalue weighted by Crippen LogP contribution is -2.16. The summed E-state index contributed by atoms with van der Waals surface area (Å²) in [7, 11) is -3.13. The fraction of sp³-hybridized carbons (Fsp3) is 0.119. The molecule has 0 aromatic heterocycles. The van der Waals surface area contributed by atoms with E-state index in [1.807, 2.05) is 43.1 Å². The Morgan fingerprint density at radius 1 is 0.532 bits per heavy atom. The molecule has 0 radical (unpaired) electrons. The summed E-state index contributed by atoms with van der Waals surface area (Å²) in [4.78, 5) is 9.44. The van der Waals surface area contributed by atoms with Crippen molar-refractivity contribution in [3.63, 3.8) is 0 Å². The Balaban J connectivity index is 0.000000769. The van der Waals surface area contributed by atoms with E-state index in [2.05, 4.69) is 84.9 Å². The summed E-state index contributed by atoms with van der Waals surface area (Å²) < 4.78 is 28.4. The number of ketones is 1. The zero-order chi connectivity index (χ0) is 32.3.